The molecule has 9 heteroatoms. The van der Waals surface area contributed by atoms with Crippen LogP contribution >= 0.6 is 11.3 Å². The Morgan fingerprint density at radius 1 is 1.41 bits per heavy atom. The van der Waals surface area contributed by atoms with Crippen LogP contribution in [0.15, 0.2) is 6.20 Å². The van der Waals surface area contributed by atoms with Crippen molar-refractivity contribution in [1.29, 1.82) is 0 Å². The maximum atomic E-state index is 14.6. The normalized spacial score (nSPS) is 26.6. The van der Waals surface area contributed by atoms with Gasteiger partial charge in [-0.1, -0.05) is 0 Å². The monoisotopic (exact) mass is 394 g/mol. The van der Waals surface area contributed by atoms with Gasteiger partial charge in [0.05, 0.1) is 30.1 Å². The zero-order valence-corrected chi connectivity index (χ0v) is 15.7. The summed E-state index contributed by atoms with van der Waals surface area (Å²) in [5.74, 6) is -3.04. The molecule has 0 aliphatic carbocycles. The molecule has 144 valence electrons. The lowest BCUT2D eigenvalue weighted by Crippen LogP contribution is -2.51. The Bertz CT molecular complexity index is 903. The number of ether oxygens (including phenoxy) is 1. The lowest BCUT2D eigenvalue weighted by molar-refractivity contribution is 0.00412. The third-order valence-corrected chi connectivity index (χ3v) is 6.84. The zero-order chi connectivity index (χ0) is 18.8. The first kappa shape index (κ1) is 17.1. The number of thiophene rings is 1. The number of aromatic nitrogens is 2. The molecule has 0 aromatic carbocycles. The smallest absolute Gasteiger partial charge is 0.269 e. The molecule has 6 nitrogen and oxygen atoms in total. The van der Waals surface area contributed by atoms with E-state index in [-0.39, 0.29) is 31.0 Å². The highest BCUT2D eigenvalue weighted by Gasteiger charge is 2.46. The van der Waals surface area contributed by atoms with Gasteiger partial charge < -0.3 is 15.0 Å². The number of carbonyl (C=O) groups excluding carboxylic acids is 1. The van der Waals surface area contributed by atoms with Crippen molar-refractivity contribution in [2.75, 3.05) is 24.6 Å². The molecular weight excluding hydrogens is 374 g/mol. The standard InChI is InChI=1S/C18H20F2N4O2S/c1-9-11(6-21-23-9)15-10-5-18(19,20)8-24-7-12(13-3-2-4-26-13)22-17(25)16(27-15)14(10)24/h6,12-13H,2-5,7-8H2,1H3,(H,21,23)(H,22,25)/t12-,13-/m1/s1. The number of anilines is 1. The molecule has 0 unspecified atom stereocenters. The van der Waals surface area contributed by atoms with Crippen LogP contribution in [0, 0.1) is 6.92 Å². The minimum absolute atomic E-state index is 0.113. The van der Waals surface area contributed by atoms with E-state index in [2.05, 4.69) is 15.5 Å². The van der Waals surface area contributed by atoms with Gasteiger partial charge in [-0.25, -0.2) is 8.78 Å². The third kappa shape index (κ3) is 2.75. The van der Waals surface area contributed by atoms with Crippen molar-refractivity contribution >= 4 is 22.9 Å². The minimum atomic E-state index is -2.84. The quantitative estimate of drug-likeness (QED) is 0.822. The first-order chi connectivity index (χ1) is 12.9. The number of hydrogen-bond acceptors (Lipinski definition) is 5. The molecule has 5 heterocycles. The second kappa shape index (κ2) is 6.00. The van der Waals surface area contributed by atoms with Crippen LogP contribution in [0.2, 0.25) is 0 Å². The van der Waals surface area contributed by atoms with Crippen LogP contribution in [0.4, 0.5) is 14.5 Å². The predicted molar refractivity (Wildman–Crippen MR) is 97.7 cm³/mol. The van der Waals surface area contributed by atoms with Crippen LogP contribution in [0.5, 0.6) is 0 Å². The van der Waals surface area contributed by atoms with Crippen LogP contribution in [0.3, 0.4) is 0 Å². The van der Waals surface area contributed by atoms with Gasteiger partial charge in [-0.3, -0.25) is 9.89 Å². The van der Waals surface area contributed by atoms with Gasteiger partial charge in [0, 0.05) is 41.8 Å². The van der Waals surface area contributed by atoms with Crippen LogP contribution < -0.4 is 10.2 Å². The average Bonchev–Trinajstić information content (AvgIpc) is 3.31. The Kier molecular flexibility index (Phi) is 3.80. The van der Waals surface area contributed by atoms with E-state index in [9.17, 15) is 13.6 Å². The van der Waals surface area contributed by atoms with E-state index in [0.29, 0.717) is 34.2 Å². The average molecular weight is 394 g/mol. The van der Waals surface area contributed by atoms with Gasteiger partial charge in [0.25, 0.3) is 11.8 Å². The van der Waals surface area contributed by atoms with Crippen molar-refractivity contribution < 1.29 is 18.3 Å². The second-order valence-electron chi connectivity index (χ2n) is 7.52. The molecule has 0 radical (unpaired) electrons. The predicted octanol–water partition coefficient (Wildman–Crippen LogP) is 2.74. The molecular formula is C18H20F2N4O2S. The Balaban J connectivity index is 1.62. The molecule has 27 heavy (non-hydrogen) atoms. The summed E-state index contributed by atoms with van der Waals surface area (Å²) in [6.45, 7) is 2.46. The fourth-order valence-electron chi connectivity index (χ4n) is 4.39. The summed E-state index contributed by atoms with van der Waals surface area (Å²) < 4.78 is 35.0. The van der Waals surface area contributed by atoms with Gasteiger partial charge >= 0.3 is 0 Å². The number of nitrogens with zero attached hydrogens (tertiary/aromatic N) is 2. The van der Waals surface area contributed by atoms with Gasteiger partial charge in [0.15, 0.2) is 0 Å². The molecule has 2 aromatic heterocycles. The van der Waals surface area contributed by atoms with Gasteiger partial charge in [0.1, 0.15) is 4.88 Å². The second-order valence-corrected chi connectivity index (χ2v) is 8.54. The summed E-state index contributed by atoms with van der Waals surface area (Å²) >= 11 is 1.28. The number of H-pyrrole nitrogens is 1. The van der Waals surface area contributed by atoms with E-state index in [1.54, 1.807) is 11.1 Å². The Morgan fingerprint density at radius 3 is 2.96 bits per heavy atom. The Hall–Kier alpha value is -2.00. The van der Waals surface area contributed by atoms with Crippen molar-refractivity contribution in [2.45, 2.75) is 44.3 Å². The largest absolute Gasteiger partial charge is 0.376 e. The fourth-order valence-corrected chi connectivity index (χ4v) is 5.70. The maximum absolute atomic E-state index is 14.6. The molecule has 3 aliphatic rings. The van der Waals surface area contributed by atoms with E-state index in [0.717, 1.165) is 24.1 Å². The summed E-state index contributed by atoms with van der Waals surface area (Å²) in [5.41, 5.74) is 2.74. The fraction of sp³-hybridized carbons (Fsp3) is 0.556. The van der Waals surface area contributed by atoms with Crippen molar-refractivity contribution in [1.82, 2.24) is 15.5 Å². The molecule has 5 rings (SSSR count). The molecule has 0 bridgehead atoms. The summed E-state index contributed by atoms with van der Waals surface area (Å²) in [4.78, 5) is 15.9. The van der Waals surface area contributed by atoms with Crippen LogP contribution in [0.25, 0.3) is 10.4 Å². The van der Waals surface area contributed by atoms with Crippen molar-refractivity contribution in [3.8, 4) is 10.4 Å². The highest BCUT2D eigenvalue weighted by Crippen LogP contribution is 2.49. The molecule has 2 atom stereocenters. The van der Waals surface area contributed by atoms with Crippen molar-refractivity contribution in [2.24, 2.45) is 0 Å². The first-order valence-corrected chi connectivity index (χ1v) is 9.96. The third-order valence-electron chi connectivity index (χ3n) is 5.58. The number of alkyl halides is 2. The lowest BCUT2D eigenvalue weighted by atomic mass is 9.96. The van der Waals surface area contributed by atoms with Crippen LogP contribution in [0.1, 0.15) is 33.8 Å². The molecule has 2 aromatic rings. The summed E-state index contributed by atoms with van der Waals surface area (Å²) in [5, 5.41) is 9.93. The summed E-state index contributed by atoms with van der Waals surface area (Å²) in [6.07, 6.45) is 3.02. The summed E-state index contributed by atoms with van der Waals surface area (Å²) in [6, 6.07) is -0.277. The number of aryl methyl sites for hydroxylation is 1. The molecule has 0 saturated carbocycles. The molecule has 1 amide bonds. The van der Waals surface area contributed by atoms with Crippen LogP contribution in [-0.2, 0) is 11.2 Å². The minimum Gasteiger partial charge on any atom is -0.376 e. The van der Waals surface area contributed by atoms with Gasteiger partial charge in [-0.2, -0.15) is 5.10 Å². The highest BCUT2D eigenvalue weighted by atomic mass is 32.1. The van der Waals surface area contributed by atoms with Crippen LogP contribution in [-0.4, -0.2) is 53.9 Å². The van der Waals surface area contributed by atoms with E-state index < -0.39 is 5.92 Å². The van der Waals surface area contributed by atoms with Gasteiger partial charge in [0.2, 0.25) is 0 Å². The molecule has 0 spiro atoms. The highest BCUT2D eigenvalue weighted by molar-refractivity contribution is 7.18. The lowest BCUT2D eigenvalue weighted by Gasteiger charge is -2.36. The Morgan fingerprint density at radius 2 is 2.26 bits per heavy atom. The number of aromatic amines is 1. The number of nitrogens with one attached hydrogen (secondary N) is 2. The van der Waals surface area contributed by atoms with E-state index in [1.165, 1.54) is 11.3 Å². The van der Waals surface area contributed by atoms with Gasteiger partial charge in [-0.05, 0) is 19.8 Å². The SMILES string of the molecule is Cc1n[nH]cc1-c1sc2c3c1CC(F)(F)CN3C[C@H]([C@H]1CCCO1)NC2=O. The topological polar surface area (TPSA) is 70.2 Å². The number of rotatable bonds is 2. The van der Waals surface area contributed by atoms with Crippen molar-refractivity contribution in [3.63, 3.8) is 0 Å². The molecule has 1 fully saturated rings. The van der Waals surface area contributed by atoms with Crippen molar-refractivity contribution in [3.05, 3.63) is 22.3 Å². The maximum Gasteiger partial charge on any atom is 0.269 e. The molecule has 3 aliphatic heterocycles. The van der Waals surface area contributed by atoms with Gasteiger partial charge in [-0.15, -0.1) is 11.3 Å². The van der Waals surface area contributed by atoms with E-state index in [1.807, 2.05) is 6.92 Å². The summed E-state index contributed by atoms with van der Waals surface area (Å²) in [7, 11) is 0. The number of hydrogen-bond donors (Lipinski definition) is 2. The molecule has 2 N–H and O–H groups in total. The number of halogens is 2. The Labute approximate surface area is 158 Å². The first-order valence-electron chi connectivity index (χ1n) is 9.14. The van der Waals surface area contributed by atoms with E-state index in [4.69, 9.17) is 4.74 Å². The number of carbonyl (C=O) groups is 1. The number of amides is 1. The van der Waals surface area contributed by atoms with E-state index >= 15 is 0 Å². The molecule has 1 saturated heterocycles. The zero-order valence-electron chi connectivity index (χ0n) is 14.8.